The Hall–Kier alpha value is -4.97. The van der Waals surface area contributed by atoms with Gasteiger partial charge < -0.3 is 18.4 Å². The molecule has 2 aliphatic rings. The van der Waals surface area contributed by atoms with Crippen LogP contribution in [0.1, 0.15) is 0 Å². The first-order valence-corrected chi connectivity index (χ1v) is 12.4. The van der Waals surface area contributed by atoms with Gasteiger partial charge in [-0.1, -0.05) is 66.7 Å². The molecular formula is C31H18BN3O2. The second-order valence-corrected chi connectivity index (χ2v) is 9.59. The van der Waals surface area contributed by atoms with Crippen LogP contribution in [0.5, 0.6) is 5.75 Å². The van der Waals surface area contributed by atoms with E-state index in [1.54, 1.807) is 0 Å². The van der Waals surface area contributed by atoms with E-state index in [-0.39, 0.29) is 7.19 Å². The lowest BCUT2D eigenvalue weighted by Crippen LogP contribution is -2.46. The maximum Gasteiger partial charge on any atom is 0.629 e. The highest BCUT2D eigenvalue weighted by Crippen LogP contribution is 2.50. The molecule has 5 nitrogen and oxygen atoms in total. The molecule has 0 N–H and O–H groups in total. The number of para-hydroxylation sites is 5. The van der Waals surface area contributed by atoms with Crippen molar-refractivity contribution in [3.05, 3.63) is 109 Å². The van der Waals surface area contributed by atoms with Crippen molar-refractivity contribution in [2.45, 2.75) is 0 Å². The molecule has 0 bridgehead atoms. The summed E-state index contributed by atoms with van der Waals surface area (Å²) in [6.45, 7) is 0. The van der Waals surface area contributed by atoms with Crippen LogP contribution < -0.4 is 9.47 Å². The van der Waals surface area contributed by atoms with Crippen molar-refractivity contribution in [1.29, 1.82) is 0 Å². The fraction of sp³-hybridized carbons (Fsp3) is 0. The summed E-state index contributed by atoms with van der Waals surface area (Å²) in [5.74, 6) is 1.78. The van der Waals surface area contributed by atoms with Crippen molar-refractivity contribution in [2.75, 3.05) is 4.81 Å². The number of aromatic nitrogens is 2. The predicted molar refractivity (Wildman–Crippen MR) is 148 cm³/mol. The largest absolute Gasteiger partial charge is 0.629 e. The number of fused-ring (bicyclic) bond motifs is 13. The number of benzene rings is 5. The normalized spacial score (nSPS) is 13.5. The van der Waals surface area contributed by atoms with Crippen LogP contribution >= 0.6 is 0 Å². The molecule has 6 heteroatoms. The lowest BCUT2D eigenvalue weighted by molar-refractivity contribution is 0.578. The number of hydrogen-bond donors (Lipinski definition) is 0. The summed E-state index contributed by atoms with van der Waals surface area (Å²) in [7, 11) is -0.343. The van der Waals surface area contributed by atoms with E-state index < -0.39 is 0 Å². The van der Waals surface area contributed by atoms with Crippen molar-refractivity contribution < 1.29 is 9.07 Å². The van der Waals surface area contributed by atoms with E-state index in [4.69, 9.17) is 14.1 Å². The van der Waals surface area contributed by atoms with Crippen molar-refractivity contribution in [3.8, 4) is 28.3 Å². The van der Waals surface area contributed by atoms with E-state index in [0.29, 0.717) is 0 Å². The van der Waals surface area contributed by atoms with Gasteiger partial charge in [0.15, 0.2) is 0 Å². The molecule has 5 aromatic carbocycles. The van der Waals surface area contributed by atoms with Crippen LogP contribution in [0, 0.1) is 0 Å². The number of anilines is 2. The van der Waals surface area contributed by atoms with Gasteiger partial charge in [-0.3, -0.25) is 0 Å². The number of rotatable bonds is 1. The fourth-order valence-electron chi connectivity index (χ4n) is 5.98. The first kappa shape index (κ1) is 19.3. The van der Waals surface area contributed by atoms with Crippen molar-refractivity contribution >= 4 is 51.5 Å². The minimum atomic E-state index is -0.343. The Morgan fingerprint density at radius 1 is 0.676 bits per heavy atom. The Morgan fingerprint density at radius 3 is 2.49 bits per heavy atom. The third-order valence-electron chi connectivity index (χ3n) is 7.61. The number of furan rings is 1. The molecule has 4 heterocycles. The minimum absolute atomic E-state index is 0.343. The van der Waals surface area contributed by atoms with Crippen molar-refractivity contribution in [1.82, 2.24) is 9.46 Å². The summed E-state index contributed by atoms with van der Waals surface area (Å²) >= 11 is 0. The van der Waals surface area contributed by atoms with Gasteiger partial charge in [-0.05, 0) is 48.0 Å². The van der Waals surface area contributed by atoms with E-state index in [1.807, 2.05) is 18.2 Å². The number of nitrogens with zero attached hydrogens (tertiary/aromatic N) is 3. The monoisotopic (exact) mass is 475 g/mol. The Balaban J connectivity index is 1.27. The van der Waals surface area contributed by atoms with Gasteiger partial charge in [0.25, 0.3) is 0 Å². The standard InChI is InChI=1S/C31H18BN3O2/c1-4-13-25-23(9-1)31-33-24-12-3-5-14-26(24)35(31)32-34(25)27-18-19(16-17-29(27)37-32)20-10-7-11-22-21-8-2-6-15-28(21)36-30(20)22/h1-18H. The molecule has 0 aliphatic carbocycles. The highest BCUT2D eigenvalue weighted by atomic mass is 16.5. The molecule has 9 rings (SSSR count). The lowest BCUT2D eigenvalue weighted by atomic mass is 9.89. The molecule has 37 heavy (non-hydrogen) atoms. The molecule has 0 saturated carbocycles. The number of hydrogen-bond acceptors (Lipinski definition) is 4. The van der Waals surface area contributed by atoms with Gasteiger partial charge in [-0.25, -0.2) is 4.98 Å². The Kier molecular flexibility index (Phi) is 3.55. The van der Waals surface area contributed by atoms with Crippen LogP contribution in [-0.4, -0.2) is 16.6 Å². The second kappa shape index (κ2) is 6.83. The van der Waals surface area contributed by atoms with E-state index in [0.717, 1.165) is 72.6 Å². The summed E-state index contributed by atoms with van der Waals surface area (Å²) in [5.41, 5.74) is 9.20. The molecule has 0 fully saturated rings. The SMILES string of the molecule is c1ccc2c(c1)-c1nc3ccccc3n1B1Oc3ccc(-c4cccc5c4oc4ccccc45)cc3N12. The molecule has 0 amide bonds. The highest BCUT2D eigenvalue weighted by molar-refractivity contribution is 6.62. The zero-order chi connectivity index (χ0) is 24.1. The maximum atomic E-state index is 6.61. The van der Waals surface area contributed by atoms with E-state index in [2.05, 4.69) is 100 Å². The Morgan fingerprint density at radius 2 is 1.49 bits per heavy atom. The van der Waals surface area contributed by atoms with E-state index in [1.165, 1.54) is 0 Å². The van der Waals surface area contributed by atoms with E-state index >= 15 is 0 Å². The van der Waals surface area contributed by atoms with Crippen molar-refractivity contribution in [2.24, 2.45) is 0 Å². The van der Waals surface area contributed by atoms with Crippen LogP contribution in [0.25, 0.3) is 55.5 Å². The zero-order valence-corrected chi connectivity index (χ0v) is 19.6. The number of imidazole rings is 1. The summed E-state index contributed by atoms with van der Waals surface area (Å²) in [4.78, 5) is 7.27. The molecule has 2 aliphatic heterocycles. The molecule has 0 atom stereocenters. The predicted octanol–water partition coefficient (Wildman–Crippen LogP) is 7.65. The van der Waals surface area contributed by atoms with Gasteiger partial charge in [0, 0.05) is 27.6 Å². The van der Waals surface area contributed by atoms with Crippen LogP contribution in [0.3, 0.4) is 0 Å². The molecule has 0 radical (unpaired) electrons. The van der Waals surface area contributed by atoms with Gasteiger partial charge in [-0.2, -0.15) is 0 Å². The van der Waals surface area contributed by atoms with Crippen molar-refractivity contribution in [3.63, 3.8) is 0 Å². The lowest BCUT2D eigenvalue weighted by Gasteiger charge is -2.30. The third-order valence-corrected chi connectivity index (χ3v) is 7.61. The zero-order valence-electron chi connectivity index (χ0n) is 19.6. The molecule has 0 spiro atoms. The fourth-order valence-corrected chi connectivity index (χ4v) is 5.98. The molecule has 0 unspecified atom stereocenters. The average molecular weight is 475 g/mol. The summed E-state index contributed by atoms with van der Waals surface area (Å²) in [6, 6.07) is 37.7. The topological polar surface area (TPSA) is 43.4 Å². The summed E-state index contributed by atoms with van der Waals surface area (Å²) in [6.07, 6.45) is 0. The van der Waals surface area contributed by atoms with Gasteiger partial charge in [-0.15, -0.1) is 0 Å². The molecule has 2 aromatic heterocycles. The smallest absolute Gasteiger partial charge is 0.521 e. The van der Waals surface area contributed by atoms with E-state index in [9.17, 15) is 0 Å². The second-order valence-electron chi connectivity index (χ2n) is 9.59. The minimum Gasteiger partial charge on any atom is -0.521 e. The third kappa shape index (κ3) is 2.46. The molecule has 172 valence electrons. The van der Waals surface area contributed by atoms with Crippen LogP contribution in [-0.2, 0) is 0 Å². The molecule has 7 aromatic rings. The van der Waals surface area contributed by atoms with Crippen LogP contribution in [0.15, 0.2) is 114 Å². The van der Waals surface area contributed by atoms with Gasteiger partial charge in [0.05, 0.1) is 16.7 Å². The summed E-state index contributed by atoms with van der Waals surface area (Å²) < 4.78 is 15.2. The van der Waals surface area contributed by atoms with Gasteiger partial charge >= 0.3 is 7.19 Å². The first-order chi connectivity index (χ1) is 18.3. The molecular weight excluding hydrogens is 457 g/mol. The Bertz CT molecular complexity index is 2060. The van der Waals surface area contributed by atoms with Gasteiger partial charge in [0.1, 0.15) is 22.7 Å². The molecule has 0 saturated heterocycles. The van der Waals surface area contributed by atoms with Gasteiger partial charge in [0.2, 0.25) is 0 Å². The quantitative estimate of drug-likeness (QED) is 0.229. The average Bonchev–Trinajstić information content (AvgIpc) is 3.64. The van der Waals surface area contributed by atoms with Crippen LogP contribution in [0.2, 0.25) is 0 Å². The maximum absolute atomic E-state index is 6.61. The summed E-state index contributed by atoms with van der Waals surface area (Å²) in [5, 5.41) is 2.26. The Labute approximate surface area is 212 Å². The van der Waals surface area contributed by atoms with Crippen LogP contribution in [0.4, 0.5) is 11.4 Å². The first-order valence-electron chi connectivity index (χ1n) is 12.4. The highest BCUT2D eigenvalue weighted by Gasteiger charge is 2.47.